The van der Waals surface area contributed by atoms with E-state index in [0.29, 0.717) is 0 Å². The molecule has 3 rings (SSSR count). The number of nitrogens with two attached hydrogens (primary N) is 1. The van der Waals surface area contributed by atoms with Crippen LogP contribution in [-0.4, -0.2) is 45.4 Å². The van der Waals surface area contributed by atoms with Crippen molar-refractivity contribution in [3.8, 4) is 0 Å². The molecule has 0 aromatic carbocycles. The van der Waals surface area contributed by atoms with Gasteiger partial charge in [0.2, 0.25) is 0 Å². The lowest BCUT2D eigenvalue weighted by molar-refractivity contribution is -0.200. The summed E-state index contributed by atoms with van der Waals surface area (Å²) in [4.78, 5) is 25.4. The third-order valence-corrected chi connectivity index (χ3v) is 3.57. The Bertz CT molecular complexity index is 666. The van der Waals surface area contributed by atoms with Crippen molar-refractivity contribution in [3.05, 3.63) is 27.0 Å². The number of ether oxygens (including phenoxy) is 3. The number of H-pyrrole nitrogens is 1. The number of aromatic amines is 1. The summed E-state index contributed by atoms with van der Waals surface area (Å²) in [5.74, 6) is -0.845. The van der Waals surface area contributed by atoms with Crippen LogP contribution < -0.4 is 17.0 Å². The van der Waals surface area contributed by atoms with E-state index in [4.69, 9.17) is 19.9 Å². The molecule has 0 aliphatic carbocycles. The monoisotopic (exact) mass is 299 g/mol. The highest BCUT2D eigenvalue weighted by molar-refractivity contribution is 5.30. The van der Waals surface area contributed by atoms with Crippen LogP contribution in [0.5, 0.6) is 0 Å². The van der Waals surface area contributed by atoms with Gasteiger partial charge in [0.15, 0.2) is 12.0 Å². The highest BCUT2D eigenvalue weighted by Crippen LogP contribution is 2.42. The minimum Gasteiger partial charge on any atom is -0.394 e. The summed E-state index contributed by atoms with van der Waals surface area (Å²) in [6.07, 6.45) is -1.34. The number of rotatable bonds is 2. The molecule has 2 aliphatic heterocycles. The van der Waals surface area contributed by atoms with Gasteiger partial charge < -0.3 is 25.1 Å². The molecule has 0 bridgehead atoms. The summed E-state index contributed by atoms with van der Waals surface area (Å²) in [7, 11) is 0. The zero-order chi connectivity index (χ0) is 15.4. The van der Waals surface area contributed by atoms with Gasteiger partial charge in [-0.2, -0.15) is 0 Å². The molecular weight excluding hydrogens is 282 g/mol. The maximum atomic E-state index is 11.9. The maximum Gasteiger partial charge on any atom is 0.330 e. The quantitative estimate of drug-likeness (QED) is 0.608. The fourth-order valence-electron chi connectivity index (χ4n) is 2.72. The van der Waals surface area contributed by atoms with Gasteiger partial charge in [0.25, 0.3) is 5.56 Å². The van der Waals surface area contributed by atoms with Crippen LogP contribution in [0.3, 0.4) is 0 Å². The van der Waals surface area contributed by atoms with Crippen LogP contribution in [0.2, 0.25) is 0 Å². The van der Waals surface area contributed by atoms with E-state index in [2.05, 4.69) is 4.98 Å². The number of aromatic nitrogens is 2. The van der Waals surface area contributed by atoms with Gasteiger partial charge in [-0.05, 0) is 13.8 Å². The molecule has 4 atom stereocenters. The normalized spacial score (nSPS) is 34.0. The van der Waals surface area contributed by atoms with Crippen molar-refractivity contribution < 1.29 is 19.3 Å². The molecule has 0 spiro atoms. The second kappa shape index (κ2) is 4.67. The molecule has 0 saturated carbocycles. The van der Waals surface area contributed by atoms with Crippen LogP contribution in [0.25, 0.3) is 0 Å². The lowest BCUT2D eigenvalue weighted by Crippen LogP contribution is -2.38. The molecule has 9 nitrogen and oxygen atoms in total. The summed E-state index contributed by atoms with van der Waals surface area (Å²) in [6.45, 7) is 3.20. The van der Waals surface area contributed by atoms with Gasteiger partial charge in [-0.15, -0.1) is 0 Å². The van der Waals surface area contributed by atoms with Crippen molar-refractivity contribution in [3.63, 3.8) is 0 Å². The molecule has 1 aromatic rings. The first-order valence-corrected chi connectivity index (χ1v) is 6.55. The molecule has 9 heteroatoms. The van der Waals surface area contributed by atoms with E-state index in [0.717, 1.165) is 4.57 Å². The van der Waals surface area contributed by atoms with Crippen molar-refractivity contribution >= 4 is 5.69 Å². The molecule has 3 heterocycles. The minimum atomic E-state index is -0.845. The van der Waals surface area contributed by atoms with Crippen molar-refractivity contribution in [1.82, 2.24) is 9.55 Å². The molecule has 0 unspecified atom stereocenters. The molecule has 0 amide bonds. The Labute approximate surface area is 119 Å². The van der Waals surface area contributed by atoms with Gasteiger partial charge in [0, 0.05) is 6.20 Å². The molecule has 1 aromatic heterocycles. The SMILES string of the molecule is CC1(C)O[C@@H]2[C@H](O1)[C@@H](CO)O[C@H]2n1cc(N)c(=O)[nH]c1=O. The Morgan fingerprint density at radius 3 is 2.71 bits per heavy atom. The third-order valence-electron chi connectivity index (χ3n) is 3.57. The van der Waals surface area contributed by atoms with Gasteiger partial charge >= 0.3 is 5.69 Å². The second-order valence-electron chi connectivity index (χ2n) is 5.56. The Kier molecular flexibility index (Phi) is 3.17. The average molecular weight is 299 g/mol. The minimum absolute atomic E-state index is 0.111. The zero-order valence-electron chi connectivity index (χ0n) is 11.6. The first kappa shape index (κ1) is 14.3. The van der Waals surface area contributed by atoms with Gasteiger partial charge in [-0.1, -0.05) is 0 Å². The number of hydrogen-bond donors (Lipinski definition) is 3. The summed E-state index contributed by atoms with van der Waals surface area (Å²) in [6, 6.07) is 0. The summed E-state index contributed by atoms with van der Waals surface area (Å²) >= 11 is 0. The van der Waals surface area contributed by atoms with Crippen molar-refractivity contribution in [2.24, 2.45) is 0 Å². The van der Waals surface area contributed by atoms with E-state index in [1.807, 2.05) is 0 Å². The third kappa shape index (κ3) is 2.27. The average Bonchev–Trinajstić information content (AvgIpc) is 2.87. The number of nitrogen functional groups attached to an aromatic ring is 1. The number of fused-ring (bicyclic) bond motifs is 1. The largest absolute Gasteiger partial charge is 0.394 e. The van der Waals surface area contributed by atoms with Crippen molar-refractivity contribution in [2.45, 2.75) is 44.2 Å². The smallest absolute Gasteiger partial charge is 0.330 e. The standard InChI is InChI=1S/C12H17N3O6/c1-12(2)20-7-6(4-16)19-10(8(7)21-12)15-3-5(13)9(17)14-11(15)18/h3,6-8,10,16H,4,13H2,1-2H3,(H,14,17,18)/t6-,7-,8-,10-/m1/s1. The number of hydrogen-bond acceptors (Lipinski definition) is 7. The molecule has 0 radical (unpaired) electrons. The molecular formula is C12H17N3O6. The van der Waals surface area contributed by atoms with E-state index >= 15 is 0 Å². The van der Waals surface area contributed by atoms with E-state index in [-0.39, 0.29) is 12.3 Å². The molecule has 116 valence electrons. The first-order valence-electron chi connectivity index (χ1n) is 6.55. The second-order valence-corrected chi connectivity index (χ2v) is 5.56. The van der Waals surface area contributed by atoms with Gasteiger partial charge in [0.1, 0.15) is 24.0 Å². The summed E-state index contributed by atoms with van der Waals surface area (Å²) < 4.78 is 18.2. The van der Waals surface area contributed by atoms with E-state index < -0.39 is 41.6 Å². The Morgan fingerprint density at radius 2 is 2.05 bits per heavy atom. The van der Waals surface area contributed by atoms with Crippen LogP contribution in [0.1, 0.15) is 20.1 Å². The number of nitrogens with one attached hydrogen (secondary N) is 1. The molecule has 4 N–H and O–H groups in total. The summed E-state index contributed by atoms with van der Waals surface area (Å²) in [5, 5.41) is 9.39. The number of aliphatic hydroxyl groups is 1. The van der Waals surface area contributed by atoms with E-state index in [9.17, 15) is 14.7 Å². The van der Waals surface area contributed by atoms with Crippen molar-refractivity contribution in [1.29, 1.82) is 0 Å². The van der Waals surface area contributed by atoms with Gasteiger partial charge in [-0.3, -0.25) is 14.3 Å². The molecule has 2 fully saturated rings. The number of nitrogens with zero attached hydrogens (tertiary/aromatic N) is 1. The first-order chi connectivity index (χ1) is 9.82. The Balaban J connectivity index is 2.01. The van der Waals surface area contributed by atoms with E-state index in [1.165, 1.54) is 6.20 Å². The lowest BCUT2D eigenvalue weighted by atomic mass is 10.1. The van der Waals surface area contributed by atoms with Crippen LogP contribution in [0.4, 0.5) is 5.69 Å². The molecule has 2 saturated heterocycles. The Morgan fingerprint density at radius 1 is 1.38 bits per heavy atom. The lowest BCUT2D eigenvalue weighted by Gasteiger charge is -2.24. The Hall–Kier alpha value is -1.68. The van der Waals surface area contributed by atoms with Gasteiger partial charge in [0.05, 0.1) is 6.61 Å². The van der Waals surface area contributed by atoms with Crippen LogP contribution in [0, 0.1) is 0 Å². The van der Waals surface area contributed by atoms with E-state index in [1.54, 1.807) is 13.8 Å². The molecule has 21 heavy (non-hydrogen) atoms. The van der Waals surface area contributed by atoms with Crippen LogP contribution >= 0.6 is 0 Å². The van der Waals surface area contributed by atoms with Gasteiger partial charge in [-0.25, -0.2) is 4.79 Å². The fourth-order valence-corrected chi connectivity index (χ4v) is 2.72. The predicted octanol–water partition coefficient (Wildman–Crippen LogP) is -1.47. The highest BCUT2D eigenvalue weighted by Gasteiger charge is 2.55. The zero-order valence-corrected chi connectivity index (χ0v) is 11.6. The predicted molar refractivity (Wildman–Crippen MR) is 70.6 cm³/mol. The number of aliphatic hydroxyl groups excluding tert-OH is 1. The molecule has 2 aliphatic rings. The van der Waals surface area contributed by atoms with Crippen molar-refractivity contribution in [2.75, 3.05) is 12.3 Å². The van der Waals surface area contributed by atoms with Crippen LogP contribution in [-0.2, 0) is 14.2 Å². The fraction of sp³-hybridized carbons (Fsp3) is 0.667. The number of anilines is 1. The maximum absolute atomic E-state index is 11.9. The topological polar surface area (TPSA) is 129 Å². The summed E-state index contributed by atoms with van der Waals surface area (Å²) in [5.41, 5.74) is 4.10. The highest BCUT2D eigenvalue weighted by atomic mass is 16.8. The van der Waals surface area contributed by atoms with Crippen LogP contribution in [0.15, 0.2) is 15.8 Å².